The number of hydrogen-bond acceptors (Lipinski definition) is 6. The van der Waals surface area contributed by atoms with Crippen LogP contribution in [0.1, 0.15) is 30.5 Å². The van der Waals surface area contributed by atoms with Crippen LogP contribution in [0.4, 0.5) is 11.6 Å². The minimum absolute atomic E-state index is 0.00251. The van der Waals surface area contributed by atoms with Crippen molar-refractivity contribution in [3.63, 3.8) is 0 Å². The van der Waals surface area contributed by atoms with Crippen LogP contribution >= 0.6 is 0 Å². The summed E-state index contributed by atoms with van der Waals surface area (Å²) < 4.78 is 32.5. The number of benzene rings is 1. The average Bonchev–Trinajstić information content (AvgIpc) is 3.39. The second kappa shape index (κ2) is 7.42. The van der Waals surface area contributed by atoms with Gasteiger partial charge in [-0.2, -0.15) is 0 Å². The monoisotopic (exact) mass is 433 g/mol. The van der Waals surface area contributed by atoms with Crippen molar-refractivity contribution in [2.45, 2.75) is 38.0 Å². The van der Waals surface area contributed by atoms with Gasteiger partial charge in [-0.05, 0) is 69.2 Å². The van der Waals surface area contributed by atoms with E-state index >= 15 is 0 Å². The average molecular weight is 433 g/mol. The number of carboxylic acids is 1. The summed E-state index contributed by atoms with van der Waals surface area (Å²) in [5.74, 6) is -2.24. The van der Waals surface area contributed by atoms with Gasteiger partial charge in [-0.25, -0.2) is 13.1 Å². The molecule has 1 aromatic carbocycles. The Morgan fingerprint density at radius 3 is 2.30 bits per heavy atom. The maximum absolute atomic E-state index is 12.8. The fourth-order valence-electron chi connectivity index (χ4n) is 4.66. The predicted molar refractivity (Wildman–Crippen MR) is 107 cm³/mol. The molecule has 2 aromatic rings. The quantitative estimate of drug-likeness (QED) is 0.636. The number of anilines is 2. The number of aliphatic carboxylic acids is 1. The van der Waals surface area contributed by atoms with E-state index in [1.165, 1.54) is 24.3 Å². The number of aryl methyl sites for hydroxylation is 1. The number of carbonyl (C=O) groups excluding carboxylic acids is 1. The summed E-state index contributed by atoms with van der Waals surface area (Å²) in [6.07, 6.45) is 2.50. The zero-order chi connectivity index (χ0) is 21.6. The van der Waals surface area contributed by atoms with Crippen molar-refractivity contribution < 1.29 is 27.6 Å². The van der Waals surface area contributed by atoms with E-state index in [0.717, 1.165) is 19.3 Å². The van der Waals surface area contributed by atoms with Crippen LogP contribution < -0.4 is 10.0 Å². The molecule has 160 valence electrons. The highest BCUT2D eigenvalue weighted by Crippen LogP contribution is 2.52. The van der Waals surface area contributed by atoms with Crippen molar-refractivity contribution in [2.75, 3.05) is 10.0 Å². The third-order valence-corrected chi connectivity index (χ3v) is 7.67. The SMILES string of the molecule is Cc1noc(NS(=O)(=O)c2ccc(NC(=O)[C@H]3[C@@H]4CC[C@@H](C4)[C@@H]3C(=O)O)cc2)c1C. The highest BCUT2D eigenvalue weighted by Gasteiger charge is 2.53. The lowest BCUT2D eigenvalue weighted by Gasteiger charge is -2.27. The number of rotatable bonds is 6. The van der Waals surface area contributed by atoms with E-state index < -0.39 is 27.8 Å². The summed E-state index contributed by atoms with van der Waals surface area (Å²) in [5, 5.41) is 16.0. The molecule has 1 heterocycles. The second-order valence-corrected chi connectivity index (χ2v) is 9.75. The van der Waals surface area contributed by atoms with E-state index in [1.807, 2.05) is 0 Å². The molecule has 9 nitrogen and oxygen atoms in total. The molecule has 1 amide bonds. The molecule has 2 bridgehead atoms. The van der Waals surface area contributed by atoms with E-state index in [4.69, 9.17) is 4.52 Å². The van der Waals surface area contributed by atoms with Gasteiger partial charge in [0.15, 0.2) is 0 Å². The molecular formula is C20H23N3O6S. The van der Waals surface area contributed by atoms with Crippen LogP contribution in [0.15, 0.2) is 33.7 Å². The van der Waals surface area contributed by atoms with Crippen LogP contribution in [0.25, 0.3) is 0 Å². The van der Waals surface area contributed by atoms with Gasteiger partial charge in [-0.1, -0.05) is 5.16 Å². The number of amides is 1. The molecule has 10 heteroatoms. The minimum atomic E-state index is -3.88. The van der Waals surface area contributed by atoms with Crippen LogP contribution in [0.3, 0.4) is 0 Å². The van der Waals surface area contributed by atoms with E-state index in [9.17, 15) is 23.1 Å². The lowest BCUT2D eigenvalue weighted by atomic mass is 9.78. The van der Waals surface area contributed by atoms with Gasteiger partial charge in [0.1, 0.15) is 0 Å². The molecule has 0 radical (unpaired) electrons. The molecule has 2 aliphatic rings. The molecule has 2 aliphatic carbocycles. The van der Waals surface area contributed by atoms with E-state index in [2.05, 4.69) is 15.2 Å². The zero-order valence-corrected chi connectivity index (χ0v) is 17.4. The molecule has 4 atom stereocenters. The molecule has 4 rings (SSSR count). The molecule has 0 unspecified atom stereocenters. The predicted octanol–water partition coefficient (Wildman–Crippen LogP) is 2.78. The molecule has 2 fully saturated rings. The molecule has 30 heavy (non-hydrogen) atoms. The first-order valence-electron chi connectivity index (χ1n) is 9.77. The summed E-state index contributed by atoms with van der Waals surface area (Å²) in [4.78, 5) is 24.4. The Labute approximate surface area is 173 Å². The molecular weight excluding hydrogens is 410 g/mol. The van der Waals surface area contributed by atoms with Crippen molar-refractivity contribution in [1.29, 1.82) is 0 Å². The topological polar surface area (TPSA) is 139 Å². The summed E-state index contributed by atoms with van der Waals surface area (Å²) in [5.41, 5.74) is 1.60. The number of fused-ring (bicyclic) bond motifs is 2. The third-order valence-electron chi connectivity index (χ3n) is 6.32. The van der Waals surface area contributed by atoms with Crippen molar-refractivity contribution in [1.82, 2.24) is 5.16 Å². The van der Waals surface area contributed by atoms with Crippen LogP contribution in [0.5, 0.6) is 0 Å². The number of aromatic nitrogens is 1. The Kier molecular flexibility index (Phi) is 5.05. The molecule has 1 aromatic heterocycles. The maximum Gasteiger partial charge on any atom is 0.307 e. The molecule has 0 saturated heterocycles. The van der Waals surface area contributed by atoms with Crippen LogP contribution in [0.2, 0.25) is 0 Å². The fourth-order valence-corrected chi connectivity index (χ4v) is 5.71. The van der Waals surface area contributed by atoms with Gasteiger partial charge in [0.25, 0.3) is 10.0 Å². The van der Waals surface area contributed by atoms with Gasteiger partial charge in [0, 0.05) is 11.3 Å². The first-order valence-corrected chi connectivity index (χ1v) is 11.2. The van der Waals surface area contributed by atoms with Crippen LogP contribution in [-0.2, 0) is 19.6 Å². The first kappa shape index (κ1) is 20.4. The number of carbonyl (C=O) groups is 2. The smallest absolute Gasteiger partial charge is 0.307 e. The maximum atomic E-state index is 12.8. The number of nitrogens with zero attached hydrogens (tertiary/aromatic N) is 1. The highest BCUT2D eigenvalue weighted by atomic mass is 32.2. The standard InChI is InChI=1S/C20H23N3O6S/c1-10-11(2)22-29-19(10)23-30(27,28)15-7-5-14(6-8-15)21-18(24)16-12-3-4-13(9-12)17(16)20(25)26/h5-8,12-13,16-17,23H,3-4,9H2,1-2H3,(H,21,24)(H,25,26)/t12-,13+,16+,17+/m1/s1. The second-order valence-electron chi connectivity index (χ2n) is 8.06. The third kappa shape index (κ3) is 3.55. The lowest BCUT2D eigenvalue weighted by molar-refractivity contribution is -0.148. The van der Waals surface area contributed by atoms with E-state index in [1.54, 1.807) is 13.8 Å². The largest absolute Gasteiger partial charge is 0.481 e. The van der Waals surface area contributed by atoms with Crippen molar-refractivity contribution in [2.24, 2.45) is 23.7 Å². The molecule has 0 spiro atoms. The van der Waals surface area contributed by atoms with Gasteiger partial charge >= 0.3 is 5.97 Å². The lowest BCUT2D eigenvalue weighted by Crippen LogP contribution is -2.37. The molecule has 3 N–H and O–H groups in total. The van der Waals surface area contributed by atoms with Gasteiger partial charge in [-0.3, -0.25) is 9.59 Å². The normalized spacial score (nSPS) is 25.3. The number of sulfonamides is 1. The van der Waals surface area contributed by atoms with Crippen molar-refractivity contribution in [3.05, 3.63) is 35.5 Å². The van der Waals surface area contributed by atoms with Gasteiger partial charge < -0.3 is 14.9 Å². The Hall–Kier alpha value is -2.88. The van der Waals surface area contributed by atoms with Gasteiger partial charge in [0.2, 0.25) is 11.8 Å². The van der Waals surface area contributed by atoms with E-state index in [0.29, 0.717) is 16.9 Å². The van der Waals surface area contributed by atoms with Crippen LogP contribution in [-0.4, -0.2) is 30.6 Å². The summed E-state index contributed by atoms with van der Waals surface area (Å²) in [6, 6.07) is 5.69. The Morgan fingerprint density at radius 1 is 1.10 bits per heavy atom. The Balaban J connectivity index is 1.46. The zero-order valence-electron chi connectivity index (χ0n) is 16.6. The number of carboxylic acid groups (broad SMARTS) is 1. The number of hydrogen-bond donors (Lipinski definition) is 3. The summed E-state index contributed by atoms with van der Waals surface area (Å²) in [7, 11) is -3.88. The number of nitrogens with one attached hydrogen (secondary N) is 2. The van der Waals surface area contributed by atoms with Crippen LogP contribution in [0, 0.1) is 37.5 Å². The highest BCUT2D eigenvalue weighted by molar-refractivity contribution is 7.92. The minimum Gasteiger partial charge on any atom is -0.481 e. The summed E-state index contributed by atoms with van der Waals surface area (Å²) >= 11 is 0. The first-order chi connectivity index (χ1) is 14.2. The van der Waals surface area contributed by atoms with Crippen molar-refractivity contribution in [3.8, 4) is 0 Å². The fraction of sp³-hybridized carbons (Fsp3) is 0.450. The van der Waals surface area contributed by atoms with E-state index in [-0.39, 0.29) is 28.5 Å². The van der Waals surface area contributed by atoms with Gasteiger partial charge in [-0.15, -0.1) is 0 Å². The molecule has 0 aliphatic heterocycles. The van der Waals surface area contributed by atoms with Crippen molar-refractivity contribution >= 4 is 33.5 Å². The molecule has 2 saturated carbocycles. The Morgan fingerprint density at radius 2 is 1.73 bits per heavy atom. The summed E-state index contributed by atoms with van der Waals surface area (Å²) in [6.45, 7) is 3.40. The van der Waals surface area contributed by atoms with Gasteiger partial charge in [0.05, 0.1) is 22.4 Å². The Bertz CT molecular complexity index is 1090.